The molecular weight excluding hydrogens is 171 g/mol. The van der Waals surface area contributed by atoms with Crippen molar-refractivity contribution in [2.45, 2.75) is 4.44 Å². The van der Waals surface area contributed by atoms with Gasteiger partial charge in [-0.25, -0.2) is 0 Å². The van der Waals surface area contributed by atoms with Crippen LogP contribution in [0.4, 0.5) is 0 Å². The molecule has 0 aliphatic heterocycles. The van der Waals surface area contributed by atoms with Crippen LogP contribution in [0, 0.1) is 0 Å². The predicted molar refractivity (Wildman–Crippen MR) is 23.7 cm³/mol. The van der Waals surface area contributed by atoms with Crippen LogP contribution < -0.4 is 0 Å². The third-order valence-corrected chi connectivity index (χ3v) is 1.02. The Morgan fingerprint density at radius 1 is 1.80 bits per heavy atom. The van der Waals surface area contributed by atoms with E-state index in [9.17, 15) is 0 Å². The zero-order valence-electron chi connectivity index (χ0n) is 2.89. The van der Waals surface area contributed by atoms with Crippen molar-refractivity contribution in [2.75, 3.05) is 0 Å². The maximum atomic E-state index is 7.91. The molecule has 0 rings (SSSR count). The van der Waals surface area contributed by atoms with E-state index >= 15 is 0 Å². The van der Waals surface area contributed by atoms with Crippen molar-refractivity contribution in [3.05, 3.63) is 12.3 Å². The average Bonchev–Trinajstić information content (AvgIpc) is 1.41. The van der Waals surface area contributed by atoms with Gasteiger partial charge in [-0.2, -0.15) is 0 Å². The number of aliphatic hydroxyl groups is 1. The van der Waals surface area contributed by atoms with E-state index < -0.39 is 0 Å². The average molecular weight is 177 g/mol. The molecule has 1 N–H and O–H groups in total. The fourth-order valence-corrected chi connectivity index (χ4v) is 0.408. The first-order chi connectivity index (χ1) is 2.41. The maximum absolute atomic E-state index is 7.91. The number of aliphatic hydroxyl groups excluding tert-OH is 1. The minimum absolute atomic E-state index is 1.04. The molecule has 0 aliphatic carbocycles. The fraction of sp³-hybridized carbons (Fsp3) is 0.333. The van der Waals surface area contributed by atoms with Crippen LogP contribution in [0.5, 0.6) is 0 Å². The van der Waals surface area contributed by atoms with Gasteiger partial charge in [0.05, 0.1) is 0 Å². The van der Waals surface area contributed by atoms with Crippen LogP contribution >= 0.6 is 0 Å². The summed E-state index contributed by atoms with van der Waals surface area (Å²) in [6, 6.07) is 0. The molecule has 0 saturated carbocycles. The van der Waals surface area contributed by atoms with Crippen molar-refractivity contribution in [1.29, 1.82) is 0 Å². The van der Waals surface area contributed by atoms with Gasteiger partial charge in [0.15, 0.2) is 0 Å². The van der Waals surface area contributed by atoms with Gasteiger partial charge in [0.1, 0.15) is 0 Å². The second-order valence-corrected chi connectivity index (χ2v) is 1.97. The second kappa shape index (κ2) is 4.34. The fourth-order valence-electron chi connectivity index (χ4n) is 0.0609. The van der Waals surface area contributed by atoms with Gasteiger partial charge in [-0.05, 0) is 0 Å². The van der Waals surface area contributed by atoms with Gasteiger partial charge >= 0.3 is 44.4 Å². The summed E-state index contributed by atoms with van der Waals surface area (Å²) >= 11 is 1.20. The summed E-state index contributed by atoms with van der Waals surface area (Å²) in [6.45, 7) is 0. The molecule has 0 atom stereocenters. The normalized spacial score (nSPS) is 9.80. The Morgan fingerprint density at radius 2 is 2.40 bits per heavy atom. The summed E-state index contributed by atoms with van der Waals surface area (Å²) < 4.78 is 1.04. The van der Waals surface area contributed by atoms with Crippen molar-refractivity contribution in [2.24, 2.45) is 0 Å². The molecular formula is C3H6OSn. The molecule has 0 unspecified atom stereocenters. The topological polar surface area (TPSA) is 20.2 Å². The first kappa shape index (κ1) is 5.34. The molecule has 0 amide bonds. The van der Waals surface area contributed by atoms with Gasteiger partial charge in [-0.1, -0.05) is 0 Å². The van der Waals surface area contributed by atoms with E-state index in [1.165, 1.54) is 22.5 Å². The Morgan fingerprint density at radius 3 is 2.40 bits per heavy atom. The SMILES string of the molecule is OC=C[CH2][SnH]. The van der Waals surface area contributed by atoms with Crippen LogP contribution in [0.2, 0.25) is 4.44 Å². The first-order valence-electron chi connectivity index (χ1n) is 1.41. The summed E-state index contributed by atoms with van der Waals surface area (Å²) in [7, 11) is 0. The monoisotopic (exact) mass is 178 g/mol. The molecule has 2 radical (unpaired) electrons. The van der Waals surface area contributed by atoms with E-state index in [2.05, 4.69) is 0 Å². The van der Waals surface area contributed by atoms with Crippen LogP contribution in [-0.4, -0.2) is 27.6 Å². The van der Waals surface area contributed by atoms with Crippen LogP contribution in [0.3, 0.4) is 0 Å². The molecule has 0 spiro atoms. The van der Waals surface area contributed by atoms with Gasteiger partial charge in [-0.3, -0.25) is 0 Å². The third kappa shape index (κ3) is 4.34. The Hall–Kier alpha value is 0.339. The number of hydrogen-bond donors (Lipinski definition) is 1. The van der Waals surface area contributed by atoms with Gasteiger partial charge < -0.3 is 0 Å². The summed E-state index contributed by atoms with van der Waals surface area (Å²) in [6.07, 6.45) is 2.83. The van der Waals surface area contributed by atoms with Crippen molar-refractivity contribution in [3.8, 4) is 0 Å². The van der Waals surface area contributed by atoms with Crippen molar-refractivity contribution in [3.63, 3.8) is 0 Å². The molecule has 0 aromatic heterocycles. The van der Waals surface area contributed by atoms with E-state index in [0.29, 0.717) is 0 Å². The Balaban J connectivity index is 2.62. The van der Waals surface area contributed by atoms with Crippen LogP contribution in [-0.2, 0) is 0 Å². The van der Waals surface area contributed by atoms with Gasteiger partial charge in [-0.15, -0.1) is 0 Å². The molecule has 28 valence electrons. The Bertz CT molecular complexity index is 33.9. The van der Waals surface area contributed by atoms with Crippen molar-refractivity contribution < 1.29 is 5.11 Å². The third-order valence-electron chi connectivity index (χ3n) is 0.241. The van der Waals surface area contributed by atoms with E-state index in [1.54, 1.807) is 6.08 Å². The second-order valence-electron chi connectivity index (χ2n) is 0.620. The molecule has 0 bridgehead atoms. The van der Waals surface area contributed by atoms with E-state index in [4.69, 9.17) is 5.11 Å². The summed E-state index contributed by atoms with van der Waals surface area (Å²) in [5.74, 6) is 0. The van der Waals surface area contributed by atoms with Crippen LogP contribution in [0.25, 0.3) is 0 Å². The number of allylic oxidation sites excluding steroid dienone is 1. The molecule has 0 heterocycles. The van der Waals surface area contributed by atoms with Crippen LogP contribution in [0.15, 0.2) is 12.3 Å². The van der Waals surface area contributed by atoms with Gasteiger partial charge in [0.25, 0.3) is 0 Å². The van der Waals surface area contributed by atoms with Crippen molar-refractivity contribution in [1.82, 2.24) is 0 Å². The quantitative estimate of drug-likeness (QED) is 0.453. The molecule has 5 heavy (non-hydrogen) atoms. The summed E-state index contributed by atoms with van der Waals surface area (Å²) in [4.78, 5) is 0. The number of rotatable bonds is 1. The molecule has 2 heteroatoms. The van der Waals surface area contributed by atoms with E-state index in [1.807, 2.05) is 0 Å². The summed E-state index contributed by atoms with van der Waals surface area (Å²) in [5, 5.41) is 7.91. The van der Waals surface area contributed by atoms with Gasteiger partial charge in [0.2, 0.25) is 0 Å². The van der Waals surface area contributed by atoms with Gasteiger partial charge in [0, 0.05) is 0 Å². The number of hydrogen-bond acceptors (Lipinski definition) is 1. The minimum atomic E-state index is 1.04. The van der Waals surface area contributed by atoms with Crippen molar-refractivity contribution >= 4 is 22.5 Å². The zero-order valence-corrected chi connectivity index (χ0v) is 6.18. The van der Waals surface area contributed by atoms with E-state index in [-0.39, 0.29) is 0 Å². The molecule has 0 saturated heterocycles. The van der Waals surface area contributed by atoms with Crippen LogP contribution in [0.1, 0.15) is 0 Å². The molecule has 0 aliphatic rings. The molecule has 0 aromatic carbocycles. The molecule has 0 aromatic rings. The Kier molecular flexibility index (Phi) is 4.63. The first-order valence-corrected chi connectivity index (χ1v) is 3.74. The predicted octanol–water partition coefficient (Wildman–Crippen LogP) is 0.377. The summed E-state index contributed by atoms with van der Waals surface area (Å²) in [5.41, 5.74) is 0. The zero-order chi connectivity index (χ0) is 4.12. The molecule has 1 nitrogen and oxygen atoms in total. The molecule has 0 fully saturated rings. The standard InChI is InChI=1S/C3H5O.Sn.H/c1-2-3-4;;/h2-4H,1H2;;. The van der Waals surface area contributed by atoms with E-state index in [0.717, 1.165) is 10.7 Å². The Labute approximate surface area is 44.8 Å².